The number of nitrogens with zero attached hydrogens (tertiary/aromatic N) is 1. The fourth-order valence-electron chi connectivity index (χ4n) is 2.74. The second-order valence-corrected chi connectivity index (χ2v) is 7.58. The minimum atomic E-state index is -3.08. The fourth-order valence-corrected chi connectivity index (χ4v) is 3.58. The van der Waals surface area contributed by atoms with Gasteiger partial charge in [-0.1, -0.05) is 18.2 Å². The van der Waals surface area contributed by atoms with Crippen LogP contribution in [-0.2, 0) is 16.6 Å². The topological polar surface area (TPSA) is 49.4 Å². The minimum Gasteiger partial charge on any atom is -0.299 e. The molecule has 1 saturated heterocycles. The molecule has 4 nitrogen and oxygen atoms in total. The van der Waals surface area contributed by atoms with E-state index in [1.54, 1.807) is 0 Å². The highest BCUT2D eigenvalue weighted by molar-refractivity contribution is 7.88. The second-order valence-electron chi connectivity index (χ2n) is 5.80. The van der Waals surface area contributed by atoms with Gasteiger partial charge in [-0.2, -0.15) is 0 Å². The zero-order chi connectivity index (χ0) is 14.8. The highest BCUT2D eigenvalue weighted by atomic mass is 32.2. The highest BCUT2D eigenvalue weighted by Crippen LogP contribution is 2.18. The van der Waals surface area contributed by atoms with E-state index in [0.717, 1.165) is 32.5 Å². The molecule has 1 aliphatic rings. The Labute approximate surface area is 122 Å². The molecular weight excluding hydrogens is 272 g/mol. The number of piperidine rings is 1. The number of hydrogen-bond acceptors (Lipinski definition) is 3. The number of rotatable bonds is 4. The Balaban J connectivity index is 1.90. The molecule has 0 amide bonds. The monoisotopic (exact) mass is 296 g/mol. The average molecular weight is 296 g/mol. The van der Waals surface area contributed by atoms with Gasteiger partial charge in [0, 0.05) is 25.7 Å². The summed E-state index contributed by atoms with van der Waals surface area (Å²) in [6.07, 6.45) is 3.01. The molecule has 0 saturated carbocycles. The third-order valence-electron chi connectivity index (χ3n) is 4.08. The van der Waals surface area contributed by atoms with E-state index in [-0.39, 0.29) is 6.04 Å². The number of aryl methyl sites for hydroxylation is 1. The first kappa shape index (κ1) is 15.5. The summed E-state index contributed by atoms with van der Waals surface area (Å²) in [7, 11) is -3.08. The molecule has 0 atom stereocenters. The van der Waals surface area contributed by atoms with Gasteiger partial charge in [0.2, 0.25) is 10.0 Å². The molecule has 0 bridgehead atoms. The van der Waals surface area contributed by atoms with Gasteiger partial charge in [0.25, 0.3) is 0 Å². The lowest BCUT2D eigenvalue weighted by Crippen LogP contribution is -2.44. The smallest absolute Gasteiger partial charge is 0.208 e. The largest absolute Gasteiger partial charge is 0.299 e. The van der Waals surface area contributed by atoms with E-state index in [4.69, 9.17) is 0 Å². The first-order chi connectivity index (χ1) is 9.35. The van der Waals surface area contributed by atoms with Crippen LogP contribution in [0.4, 0.5) is 0 Å². The SMILES string of the molecule is Cc1cccc(CN2CCC(NS(C)(=O)=O)CC2)c1C. The summed E-state index contributed by atoms with van der Waals surface area (Å²) in [5.74, 6) is 0. The molecule has 0 aliphatic carbocycles. The Morgan fingerprint density at radius 3 is 2.50 bits per heavy atom. The van der Waals surface area contributed by atoms with Gasteiger partial charge in [0.1, 0.15) is 0 Å². The van der Waals surface area contributed by atoms with E-state index in [9.17, 15) is 8.42 Å². The van der Waals surface area contributed by atoms with Gasteiger partial charge in [0.15, 0.2) is 0 Å². The van der Waals surface area contributed by atoms with Crippen molar-refractivity contribution in [2.45, 2.75) is 39.3 Å². The molecule has 0 spiro atoms. The van der Waals surface area contributed by atoms with E-state index in [1.165, 1.54) is 22.9 Å². The quantitative estimate of drug-likeness (QED) is 0.922. The molecule has 1 heterocycles. The number of sulfonamides is 1. The molecule has 112 valence electrons. The zero-order valence-electron chi connectivity index (χ0n) is 12.5. The van der Waals surface area contributed by atoms with Crippen molar-refractivity contribution >= 4 is 10.0 Å². The lowest BCUT2D eigenvalue weighted by molar-refractivity contribution is 0.199. The zero-order valence-corrected chi connectivity index (χ0v) is 13.3. The van der Waals surface area contributed by atoms with Gasteiger partial charge in [0.05, 0.1) is 6.26 Å². The van der Waals surface area contributed by atoms with Gasteiger partial charge in [-0.3, -0.25) is 4.90 Å². The standard InChI is InChI=1S/C15H24N2O2S/c1-12-5-4-6-14(13(12)2)11-17-9-7-15(8-10-17)16-20(3,18)19/h4-6,15-16H,7-11H2,1-3H3. The van der Waals surface area contributed by atoms with E-state index >= 15 is 0 Å². The second kappa shape index (κ2) is 6.24. The third kappa shape index (κ3) is 4.30. The first-order valence-corrected chi connectivity index (χ1v) is 8.99. The summed E-state index contributed by atoms with van der Waals surface area (Å²) in [5.41, 5.74) is 4.07. The Kier molecular flexibility index (Phi) is 4.83. The number of likely N-dealkylation sites (tertiary alicyclic amines) is 1. The summed E-state index contributed by atoms with van der Waals surface area (Å²) in [6.45, 7) is 7.16. The van der Waals surface area contributed by atoms with Crippen LogP contribution in [0.3, 0.4) is 0 Å². The Hall–Kier alpha value is -0.910. The Morgan fingerprint density at radius 2 is 1.90 bits per heavy atom. The fraction of sp³-hybridized carbons (Fsp3) is 0.600. The van der Waals surface area contributed by atoms with E-state index in [1.807, 2.05) is 0 Å². The third-order valence-corrected chi connectivity index (χ3v) is 4.84. The van der Waals surface area contributed by atoms with Gasteiger partial charge in [-0.15, -0.1) is 0 Å². The van der Waals surface area contributed by atoms with E-state index < -0.39 is 10.0 Å². The van der Waals surface area contributed by atoms with Crippen LogP contribution in [0.5, 0.6) is 0 Å². The molecule has 0 aromatic heterocycles. The molecule has 1 aromatic carbocycles. The van der Waals surface area contributed by atoms with Crippen LogP contribution in [0.25, 0.3) is 0 Å². The van der Waals surface area contributed by atoms with E-state index in [2.05, 4.69) is 41.7 Å². The molecule has 20 heavy (non-hydrogen) atoms. The minimum absolute atomic E-state index is 0.0971. The summed E-state index contributed by atoms with van der Waals surface area (Å²) in [5, 5.41) is 0. The summed E-state index contributed by atoms with van der Waals surface area (Å²) >= 11 is 0. The summed E-state index contributed by atoms with van der Waals surface area (Å²) in [4.78, 5) is 2.40. The van der Waals surface area contributed by atoms with Crippen molar-refractivity contribution < 1.29 is 8.42 Å². The summed E-state index contributed by atoms with van der Waals surface area (Å²) in [6, 6.07) is 6.53. The number of hydrogen-bond donors (Lipinski definition) is 1. The maximum Gasteiger partial charge on any atom is 0.208 e. The Bertz CT molecular complexity index is 561. The van der Waals surface area contributed by atoms with Crippen molar-refractivity contribution in [3.8, 4) is 0 Å². The van der Waals surface area contributed by atoms with Crippen molar-refractivity contribution in [2.24, 2.45) is 0 Å². The van der Waals surface area contributed by atoms with Crippen LogP contribution in [-0.4, -0.2) is 38.7 Å². The Morgan fingerprint density at radius 1 is 1.25 bits per heavy atom. The lowest BCUT2D eigenvalue weighted by Gasteiger charge is -2.32. The molecule has 0 unspecified atom stereocenters. The van der Waals surface area contributed by atoms with Crippen molar-refractivity contribution in [2.75, 3.05) is 19.3 Å². The molecule has 5 heteroatoms. The van der Waals surface area contributed by atoms with Crippen LogP contribution in [0.2, 0.25) is 0 Å². The van der Waals surface area contributed by atoms with Crippen molar-refractivity contribution in [1.29, 1.82) is 0 Å². The van der Waals surface area contributed by atoms with Crippen LogP contribution in [0.15, 0.2) is 18.2 Å². The molecule has 1 N–H and O–H groups in total. The predicted octanol–water partition coefficient (Wildman–Crippen LogP) is 1.82. The maximum atomic E-state index is 11.2. The molecule has 1 aromatic rings. The maximum absolute atomic E-state index is 11.2. The van der Waals surface area contributed by atoms with E-state index in [0.29, 0.717) is 0 Å². The van der Waals surface area contributed by atoms with Crippen molar-refractivity contribution in [3.63, 3.8) is 0 Å². The predicted molar refractivity (Wildman–Crippen MR) is 82.2 cm³/mol. The molecular formula is C15H24N2O2S. The lowest BCUT2D eigenvalue weighted by atomic mass is 10.0. The van der Waals surface area contributed by atoms with Crippen LogP contribution in [0.1, 0.15) is 29.5 Å². The van der Waals surface area contributed by atoms with Crippen LogP contribution >= 0.6 is 0 Å². The van der Waals surface area contributed by atoms with Crippen LogP contribution in [0, 0.1) is 13.8 Å². The molecule has 2 rings (SSSR count). The van der Waals surface area contributed by atoms with Crippen molar-refractivity contribution in [3.05, 3.63) is 34.9 Å². The normalized spacial score (nSPS) is 18.4. The highest BCUT2D eigenvalue weighted by Gasteiger charge is 2.21. The molecule has 1 aliphatic heterocycles. The van der Waals surface area contributed by atoms with Gasteiger partial charge >= 0.3 is 0 Å². The van der Waals surface area contributed by atoms with Gasteiger partial charge in [-0.25, -0.2) is 13.1 Å². The van der Waals surface area contributed by atoms with Crippen LogP contribution < -0.4 is 4.72 Å². The first-order valence-electron chi connectivity index (χ1n) is 7.10. The summed E-state index contributed by atoms with van der Waals surface area (Å²) < 4.78 is 25.2. The molecule has 1 fully saturated rings. The van der Waals surface area contributed by atoms with Gasteiger partial charge in [-0.05, 0) is 43.4 Å². The average Bonchev–Trinajstić information content (AvgIpc) is 2.35. The molecule has 0 radical (unpaired) electrons. The van der Waals surface area contributed by atoms with Crippen molar-refractivity contribution in [1.82, 2.24) is 9.62 Å². The number of nitrogens with one attached hydrogen (secondary N) is 1. The van der Waals surface area contributed by atoms with Gasteiger partial charge < -0.3 is 0 Å². The number of benzene rings is 1.